The van der Waals surface area contributed by atoms with E-state index in [9.17, 15) is 19.3 Å². The number of aliphatic hydroxyl groups is 1. The summed E-state index contributed by atoms with van der Waals surface area (Å²) in [5.74, 6) is -1.43. The molecule has 0 heterocycles. The number of amides is 1. The van der Waals surface area contributed by atoms with E-state index in [1.807, 2.05) is 6.92 Å². The molecule has 0 aliphatic carbocycles. The van der Waals surface area contributed by atoms with E-state index in [4.69, 9.17) is 5.11 Å². The molecule has 0 bridgehead atoms. The van der Waals surface area contributed by atoms with Crippen LogP contribution in [0, 0.1) is 15.9 Å². The van der Waals surface area contributed by atoms with Crippen molar-refractivity contribution in [1.29, 1.82) is 0 Å². The Bertz CT molecular complexity index is 479. The molecule has 1 aromatic carbocycles. The zero-order valence-corrected chi connectivity index (χ0v) is 10.4. The predicted molar refractivity (Wildman–Crippen MR) is 66.3 cm³/mol. The minimum atomic E-state index is -0.838. The SMILES string of the molecule is CCC(CCO)NC(=O)c1cc(F)cc([N+](=O)[O-])c1. The molecule has 2 N–H and O–H groups in total. The lowest BCUT2D eigenvalue weighted by molar-refractivity contribution is -0.385. The number of carbonyl (C=O) groups excluding carboxylic acids is 1. The fourth-order valence-electron chi connectivity index (χ4n) is 1.61. The van der Waals surface area contributed by atoms with E-state index < -0.39 is 22.3 Å². The molecule has 0 aliphatic heterocycles. The van der Waals surface area contributed by atoms with Gasteiger partial charge < -0.3 is 10.4 Å². The molecule has 1 rings (SSSR count). The number of aliphatic hydroxyl groups excluding tert-OH is 1. The summed E-state index contributed by atoms with van der Waals surface area (Å²) in [5.41, 5.74) is -0.580. The Morgan fingerprint density at radius 1 is 1.53 bits per heavy atom. The molecule has 0 saturated carbocycles. The smallest absolute Gasteiger partial charge is 0.273 e. The maximum absolute atomic E-state index is 13.2. The van der Waals surface area contributed by atoms with Gasteiger partial charge in [-0.1, -0.05) is 6.92 Å². The molecule has 1 atom stereocenters. The van der Waals surface area contributed by atoms with Gasteiger partial charge in [0.15, 0.2) is 0 Å². The van der Waals surface area contributed by atoms with Crippen LogP contribution in [0.5, 0.6) is 0 Å². The van der Waals surface area contributed by atoms with Crippen LogP contribution in [-0.4, -0.2) is 28.6 Å². The fraction of sp³-hybridized carbons (Fsp3) is 0.417. The summed E-state index contributed by atoms with van der Waals surface area (Å²) >= 11 is 0. The third-order valence-electron chi connectivity index (χ3n) is 2.66. The van der Waals surface area contributed by atoms with E-state index in [1.54, 1.807) is 0 Å². The lowest BCUT2D eigenvalue weighted by Gasteiger charge is -2.15. The summed E-state index contributed by atoms with van der Waals surface area (Å²) in [5, 5.41) is 22.0. The van der Waals surface area contributed by atoms with Crippen molar-refractivity contribution in [1.82, 2.24) is 5.32 Å². The summed E-state index contributed by atoms with van der Waals surface area (Å²) in [7, 11) is 0. The fourth-order valence-corrected chi connectivity index (χ4v) is 1.61. The standard InChI is InChI=1S/C12H15FN2O4/c1-2-10(3-4-16)14-12(17)8-5-9(13)7-11(6-8)15(18)19/h5-7,10,16H,2-4H2,1H3,(H,14,17). The Balaban J connectivity index is 2.90. The first kappa shape index (κ1) is 15.0. The van der Waals surface area contributed by atoms with E-state index in [2.05, 4.69) is 5.32 Å². The highest BCUT2D eigenvalue weighted by molar-refractivity contribution is 5.95. The van der Waals surface area contributed by atoms with Crippen LogP contribution in [0.4, 0.5) is 10.1 Å². The van der Waals surface area contributed by atoms with E-state index >= 15 is 0 Å². The van der Waals surface area contributed by atoms with Gasteiger partial charge in [0.1, 0.15) is 5.82 Å². The summed E-state index contributed by atoms with van der Waals surface area (Å²) in [6, 6.07) is 2.46. The topological polar surface area (TPSA) is 92.5 Å². The number of carbonyl (C=O) groups is 1. The second-order valence-corrected chi connectivity index (χ2v) is 4.05. The third kappa shape index (κ3) is 4.29. The number of hydrogen-bond donors (Lipinski definition) is 2. The maximum atomic E-state index is 13.2. The molecule has 0 aromatic heterocycles. The highest BCUT2D eigenvalue weighted by Crippen LogP contribution is 2.16. The number of benzene rings is 1. The molecule has 0 fully saturated rings. The largest absolute Gasteiger partial charge is 0.396 e. The van der Waals surface area contributed by atoms with Gasteiger partial charge in [-0.15, -0.1) is 0 Å². The molecule has 0 saturated heterocycles. The molecule has 0 spiro atoms. The number of rotatable bonds is 6. The molecule has 1 aromatic rings. The average molecular weight is 270 g/mol. The molecule has 7 heteroatoms. The first-order valence-electron chi connectivity index (χ1n) is 5.84. The normalized spacial score (nSPS) is 11.9. The number of nitrogens with zero attached hydrogens (tertiary/aromatic N) is 1. The van der Waals surface area contributed by atoms with E-state index in [0.29, 0.717) is 12.8 Å². The summed E-state index contributed by atoms with van der Waals surface area (Å²) in [6.45, 7) is 1.75. The van der Waals surface area contributed by atoms with Crippen LogP contribution in [0.15, 0.2) is 18.2 Å². The van der Waals surface area contributed by atoms with Crippen molar-refractivity contribution < 1.29 is 19.2 Å². The van der Waals surface area contributed by atoms with Crippen LogP contribution in [0.2, 0.25) is 0 Å². The van der Waals surface area contributed by atoms with Gasteiger partial charge in [0, 0.05) is 24.3 Å². The van der Waals surface area contributed by atoms with Gasteiger partial charge >= 0.3 is 0 Å². The molecule has 19 heavy (non-hydrogen) atoms. The Morgan fingerprint density at radius 3 is 2.74 bits per heavy atom. The second-order valence-electron chi connectivity index (χ2n) is 4.05. The number of nitro groups is 1. The zero-order chi connectivity index (χ0) is 14.4. The molecule has 0 radical (unpaired) electrons. The van der Waals surface area contributed by atoms with Crippen molar-refractivity contribution in [3.05, 3.63) is 39.7 Å². The van der Waals surface area contributed by atoms with Crippen molar-refractivity contribution in [3.8, 4) is 0 Å². The minimum Gasteiger partial charge on any atom is -0.396 e. The second kappa shape index (κ2) is 6.79. The Labute approximate surface area is 109 Å². The Morgan fingerprint density at radius 2 is 2.21 bits per heavy atom. The molecule has 104 valence electrons. The number of non-ortho nitro benzene ring substituents is 1. The summed E-state index contributed by atoms with van der Waals surface area (Å²) in [4.78, 5) is 21.7. The van der Waals surface area contributed by atoms with Gasteiger partial charge in [0.2, 0.25) is 0 Å². The van der Waals surface area contributed by atoms with Gasteiger partial charge in [0.25, 0.3) is 11.6 Å². The number of hydrogen-bond acceptors (Lipinski definition) is 4. The highest BCUT2D eigenvalue weighted by atomic mass is 19.1. The summed E-state index contributed by atoms with van der Waals surface area (Å²) in [6.07, 6.45) is 0.976. The van der Waals surface area contributed by atoms with Gasteiger partial charge in [-0.2, -0.15) is 0 Å². The zero-order valence-electron chi connectivity index (χ0n) is 10.4. The lowest BCUT2D eigenvalue weighted by Crippen LogP contribution is -2.35. The number of nitrogens with one attached hydrogen (secondary N) is 1. The molecule has 0 aliphatic rings. The Hall–Kier alpha value is -2.02. The quantitative estimate of drug-likeness (QED) is 0.607. The average Bonchev–Trinajstić information content (AvgIpc) is 2.37. The monoisotopic (exact) mass is 270 g/mol. The molecule has 6 nitrogen and oxygen atoms in total. The Kier molecular flexibility index (Phi) is 5.37. The van der Waals surface area contributed by atoms with Gasteiger partial charge in [-0.3, -0.25) is 14.9 Å². The van der Waals surface area contributed by atoms with Crippen molar-refractivity contribution in [2.24, 2.45) is 0 Å². The first-order valence-corrected chi connectivity index (χ1v) is 5.84. The van der Waals surface area contributed by atoms with E-state index in [1.165, 1.54) is 0 Å². The summed E-state index contributed by atoms with van der Waals surface area (Å²) < 4.78 is 13.2. The van der Waals surface area contributed by atoms with Gasteiger partial charge in [-0.05, 0) is 18.9 Å². The van der Waals surface area contributed by atoms with Crippen LogP contribution < -0.4 is 5.32 Å². The van der Waals surface area contributed by atoms with Crippen LogP contribution in [0.25, 0.3) is 0 Å². The van der Waals surface area contributed by atoms with Crippen molar-refractivity contribution >= 4 is 11.6 Å². The van der Waals surface area contributed by atoms with Crippen molar-refractivity contribution in [2.45, 2.75) is 25.8 Å². The van der Waals surface area contributed by atoms with Crippen molar-refractivity contribution in [3.63, 3.8) is 0 Å². The van der Waals surface area contributed by atoms with Crippen LogP contribution in [0.3, 0.4) is 0 Å². The minimum absolute atomic E-state index is 0.0813. The molecule has 1 unspecified atom stereocenters. The van der Waals surface area contributed by atoms with E-state index in [0.717, 1.165) is 18.2 Å². The number of halogens is 1. The number of nitro benzene ring substituents is 1. The van der Waals surface area contributed by atoms with Crippen LogP contribution >= 0.6 is 0 Å². The lowest BCUT2D eigenvalue weighted by atomic mass is 10.1. The third-order valence-corrected chi connectivity index (χ3v) is 2.66. The predicted octanol–water partition coefficient (Wildman–Crippen LogP) is 1.62. The van der Waals surface area contributed by atoms with Crippen LogP contribution in [0.1, 0.15) is 30.1 Å². The first-order chi connectivity index (χ1) is 8.97. The molecular formula is C12H15FN2O4. The molecular weight excluding hydrogens is 255 g/mol. The molecule has 1 amide bonds. The highest BCUT2D eigenvalue weighted by Gasteiger charge is 2.16. The van der Waals surface area contributed by atoms with Gasteiger partial charge in [0.05, 0.1) is 11.0 Å². The van der Waals surface area contributed by atoms with Crippen LogP contribution in [-0.2, 0) is 0 Å². The maximum Gasteiger partial charge on any atom is 0.273 e. The van der Waals surface area contributed by atoms with Gasteiger partial charge in [-0.25, -0.2) is 4.39 Å². The van der Waals surface area contributed by atoms with E-state index in [-0.39, 0.29) is 18.2 Å². The van der Waals surface area contributed by atoms with Crippen molar-refractivity contribution in [2.75, 3.05) is 6.61 Å².